The van der Waals surface area contributed by atoms with Crippen LogP contribution in [0.15, 0.2) is 58.7 Å². The van der Waals surface area contributed by atoms with E-state index in [1.807, 2.05) is 69.8 Å². The number of alkyl halides is 2. The Bertz CT molecular complexity index is 1650. The third kappa shape index (κ3) is 7.60. The first kappa shape index (κ1) is 30.9. The monoisotopic (exact) mass is 638 g/mol. The summed E-state index contributed by atoms with van der Waals surface area (Å²) in [5.41, 5.74) is 7.82. The summed E-state index contributed by atoms with van der Waals surface area (Å²) in [6.07, 6.45) is 2.58. The fourth-order valence-electron chi connectivity index (χ4n) is 5.77. The fraction of sp³-hybridized carbons (Fsp3) is 0.433. The van der Waals surface area contributed by atoms with Gasteiger partial charge < -0.3 is 21.3 Å². The zero-order chi connectivity index (χ0) is 31.6. The van der Waals surface area contributed by atoms with E-state index in [9.17, 15) is 18.4 Å². The van der Waals surface area contributed by atoms with Gasteiger partial charge in [-0.25, -0.2) is 13.8 Å². The van der Waals surface area contributed by atoms with E-state index in [1.54, 1.807) is 0 Å². The van der Waals surface area contributed by atoms with E-state index >= 15 is 0 Å². The first-order valence-electron chi connectivity index (χ1n) is 15.0. The maximum Gasteiger partial charge on any atom is 0.250 e. The fourth-order valence-corrected chi connectivity index (χ4v) is 6.52. The van der Waals surface area contributed by atoms with Crippen molar-refractivity contribution in [3.8, 4) is 0 Å². The number of nitrogens with one attached hydrogen (secondary N) is 3. The summed E-state index contributed by atoms with van der Waals surface area (Å²) in [5.74, 6) is -2.28. The van der Waals surface area contributed by atoms with E-state index in [2.05, 4.69) is 25.8 Å². The molecule has 2 aliphatic rings. The number of carbonyl (C=O) groups is 2. The Balaban J connectivity index is 1.11. The molecule has 0 spiro atoms. The van der Waals surface area contributed by atoms with Gasteiger partial charge in [0.1, 0.15) is 5.65 Å². The van der Waals surface area contributed by atoms with Crippen LogP contribution >= 0.6 is 11.8 Å². The molecular weight excluding hydrogens is 602 g/mol. The van der Waals surface area contributed by atoms with Crippen molar-refractivity contribution >= 4 is 46.7 Å². The number of aromatic nitrogens is 5. The molecule has 5 heterocycles. The molecule has 2 amide bonds. The lowest BCUT2D eigenvalue weighted by atomic mass is 10.1. The van der Waals surface area contributed by atoms with Gasteiger partial charge in [-0.1, -0.05) is 0 Å². The van der Waals surface area contributed by atoms with E-state index in [0.717, 1.165) is 16.2 Å². The Morgan fingerprint density at radius 2 is 1.93 bits per heavy atom. The molecule has 0 bridgehead atoms. The smallest absolute Gasteiger partial charge is 0.250 e. The van der Waals surface area contributed by atoms with Crippen LogP contribution in [-0.4, -0.2) is 90.9 Å². The summed E-state index contributed by atoms with van der Waals surface area (Å²) in [6.45, 7) is 4.01. The van der Waals surface area contributed by atoms with Gasteiger partial charge in [0, 0.05) is 67.6 Å². The minimum atomic E-state index is -2.62. The topological polar surface area (TPSA) is 150 Å². The number of fused-ring (bicyclic) bond motifs is 1. The number of H-pyrrole nitrogens is 1. The number of hydrogen-bond donors (Lipinski definition) is 4. The van der Waals surface area contributed by atoms with E-state index in [-0.39, 0.29) is 30.6 Å². The second-order valence-electron chi connectivity index (χ2n) is 11.6. The molecule has 2 atom stereocenters. The summed E-state index contributed by atoms with van der Waals surface area (Å²) in [7, 11) is 0. The summed E-state index contributed by atoms with van der Waals surface area (Å²) < 4.78 is 29.1. The van der Waals surface area contributed by atoms with Crippen LogP contribution in [0.1, 0.15) is 31.4 Å². The standard InChI is InChI=1S/C30H36F2N10O2S/c1-19-17-24(39-38-19)35-28-37-29(36-25-3-2-12-42(25)28)45-22-6-4-21(5-7-22)34-27(44)23(41-14-8-20(18-41)26(33)43)9-13-40-15-10-30(31,32)11-16-40/h2-7,12,17,20,23H,8-11,13-16,18H2,1H3,(H2,33,43)(H,34,44)(H2,35,36,37,38,39). The van der Waals surface area contributed by atoms with E-state index in [4.69, 9.17) is 10.7 Å². The lowest BCUT2D eigenvalue weighted by Gasteiger charge is -2.34. The molecule has 238 valence electrons. The van der Waals surface area contributed by atoms with Gasteiger partial charge in [-0.05, 0) is 74.5 Å². The molecule has 2 aliphatic heterocycles. The van der Waals surface area contributed by atoms with Gasteiger partial charge in [-0.2, -0.15) is 10.1 Å². The molecule has 45 heavy (non-hydrogen) atoms. The summed E-state index contributed by atoms with van der Waals surface area (Å²) in [5, 5.41) is 13.9. The predicted molar refractivity (Wildman–Crippen MR) is 167 cm³/mol. The highest BCUT2D eigenvalue weighted by molar-refractivity contribution is 7.99. The molecule has 2 unspecified atom stereocenters. The summed E-state index contributed by atoms with van der Waals surface area (Å²) >= 11 is 1.39. The number of benzene rings is 1. The highest BCUT2D eigenvalue weighted by Gasteiger charge is 2.37. The van der Waals surface area contributed by atoms with Crippen molar-refractivity contribution in [1.29, 1.82) is 0 Å². The van der Waals surface area contributed by atoms with Crippen molar-refractivity contribution in [3.05, 3.63) is 54.4 Å². The molecule has 6 rings (SSSR count). The van der Waals surface area contributed by atoms with Gasteiger partial charge in [-0.15, -0.1) is 0 Å². The normalized spacial score (nSPS) is 19.5. The number of piperidine rings is 1. The molecule has 3 aromatic heterocycles. The van der Waals surface area contributed by atoms with E-state index in [0.29, 0.717) is 68.2 Å². The molecule has 2 saturated heterocycles. The largest absolute Gasteiger partial charge is 0.369 e. The lowest BCUT2D eigenvalue weighted by molar-refractivity contribution is -0.123. The second kappa shape index (κ2) is 13.1. The molecular formula is C30H36F2N10O2S. The number of aryl methyl sites for hydroxylation is 1. The average Bonchev–Trinajstić information content (AvgIpc) is 3.77. The van der Waals surface area contributed by atoms with Gasteiger partial charge in [0.2, 0.25) is 17.8 Å². The number of aromatic amines is 1. The lowest BCUT2D eigenvalue weighted by Crippen LogP contribution is -2.47. The molecule has 5 N–H and O–H groups in total. The first-order valence-corrected chi connectivity index (χ1v) is 15.8. The minimum absolute atomic E-state index is 0.173. The quantitative estimate of drug-likeness (QED) is 0.192. The Labute approximate surface area is 263 Å². The van der Waals surface area contributed by atoms with Crippen LogP contribution in [0.3, 0.4) is 0 Å². The van der Waals surface area contributed by atoms with Crippen molar-refractivity contribution < 1.29 is 18.4 Å². The highest BCUT2D eigenvalue weighted by Crippen LogP contribution is 2.30. The van der Waals surface area contributed by atoms with Crippen LogP contribution in [0.25, 0.3) is 5.65 Å². The number of anilines is 3. The van der Waals surface area contributed by atoms with Gasteiger partial charge in [0.15, 0.2) is 11.0 Å². The van der Waals surface area contributed by atoms with Crippen LogP contribution in [0, 0.1) is 12.8 Å². The van der Waals surface area contributed by atoms with Gasteiger partial charge in [0.25, 0.3) is 5.92 Å². The Morgan fingerprint density at radius 1 is 1.16 bits per heavy atom. The van der Waals surface area contributed by atoms with Crippen LogP contribution in [0.4, 0.5) is 26.2 Å². The van der Waals surface area contributed by atoms with Crippen molar-refractivity contribution in [2.24, 2.45) is 11.7 Å². The zero-order valence-corrected chi connectivity index (χ0v) is 25.7. The van der Waals surface area contributed by atoms with E-state index in [1.165, 1.54) is 11.8 Å². The Morgan fingerprint density at radius 3 is 2.62 bits per heavy atom. The summed E-state index contributed by atoms with van der Waals surface area (Å²) in [6, 6.07) is 12.6. The van der Waals surface area contributed by atoms with Crippen molar-refractivity contribution in [1.82, 2.24) is 34.4 Å². The molecule has 0 radical (unpaired) electrons. The Hall–Kier alpha value is -4.08. The van der Waals surface area contributed by atoms with Crippen molar-refractivity contribution in [3.63, 3.8) is 0 Å². The maximum atomic E-state index is 13.7. The highest BCUT2D eigenvalue weighted by atomic mass is 32.2. The SMILES string of the molecule is Cc1cc(Nc2nc(Sc3ccc(NC(=O)C(CCN4CCC(F)(F)CC4)N4CCC(C(N)=O)C4)cc3)nc3cccn23)n[nH]1. The number of nitrogens with zero attached hydrogens (tertiary/aromatic N) is 6. The maximum absolute atomic E-state index is 13.7. The molecule has 0 saturated carbocycles. The molecule has 0 aliphatic carbocycles. The molecule has 12 nitrogen and oxygen atoms in total. The number of likely N-dealkylation sites (tertiary alicyclic amines) is 2. The number of hydrogen-bond acceptors (Lipinski definition) is 9. The van der Waals surface area contributed by atoms with E-state index < -0.39 is 12.0 Å². The van der Waals surface area contributed by atoms with Gasteiger partial charge in [0.05, 0.1) is 12.0 Å². The van der Waals surface area contributed by atoms with Crippen LogP contribution in [-0.2, 0) is 9.59 Å². The Kier molecular flexibility index (Phi) is 9.01. The summed E-state index contributed by atoms with van der Waals surface area (Å²) in [4.78, 5) is 39.6. The first-order chi connectivity index (χ1) is 21.6. The molecule has 15 heteroatoms. The zero-order valence-electron chi connectivity index (χ0n) is 24.9. The number of rotatable bonds is 11. The number of primary amides is 1. The number of halogens is 2. The number of amides is 2. The van der Waals surface area contributed by atoms with Gasteiger partial charge >= 0.3 is 0 Å². The molecule has 4 aromatic rings. The second-order valence-corrected chi connectivity index (χ2v) is 12.7. The van der Waals surface area contributed by atoms with Crippen LogP contribution < -0.4 is 16.4 Å². The average molecular weight is 639 g/mol. The van der Waals surface area contributed by atoms with Crippen LogP contribution in [0.2, 0.25) is 0 Å². The van der Waals surface area contributed by atoms with Gasteiger partial charge in [-0.3, -0.25) is 24.0 Å². The van der Waals surface area contributed by atoms with Crippen LogP contribution in [0.5, 0.6) is 0 Å². The third-order valence-corrected chi connectivity index (χ3v) is 9.19. The third-order valence-electron chi connectivity index (χ3n) is 8.32. The minimum Gasteiger partial charge on any atom is -0.369 e. The molecule has 2 fully saturated rings. The number of nitrogens with two attached hydrogens (primary N) is 1. The van der Waals surface area contributed by atoms with Crippen molar-refractivity contribution in [2.75, 3.05) is 43.4 Å². The molecule has 1 aromatic carbocycles. The van der Waals surface area contributed by atoms with Crippen molar-refractivity contribution in [2.45, 2.75) is 54.6 Å². The predicted octanol–water partition coefficient (Wildman–Crippen LogP) is 3.89. The number of carbonyl (C=O) groups excluding carboxylic acids is 2.